The molecule has 6 heteroatoms. The predicted octanol–water partition coefficient (Wildman–Crippen LogP) is 1.44. The van der Waals surface area contributed by atoms with Gasteiger partial charge in [-0.25, -0.2) is 13.4 Å². The lowest BCUT2D eigenvalue weighted by atomic mass is 10.4. The first-order valence-corrected chi connectivity index (χ1v) is 6.54. The van der Waals surface area contributed by atoms with Crippen LogP contribution in [0.15, 0.2) is 31.0 Å². The molecule has 1 rings (SSSR count). The molecule has 0 saturated carbocycles. The molecule has 0 atom stereocenters. The quantitative estimate of drug-likeness (QED) is 0.739. The summed E-state index contributed by atoms with van der Waals surface area (Å²) in [6, 6.07) is 3.36. The molecule has 0 aliphatic carbocycles. The standard InChI is InChI=1S/C10H15N3O2S/c1-3-7-11-10-6-5-9(8-12-10)13-16(14,15)4-2/h3,5-6,8,13H,1,4,7H2,2H3,(H,11,12). The summed E-state index contributed by atoms with van der Waals surface area (Å²) in [5, 5.41) is 2.99. The maximum atomic E-state index is 11.3. The molecule has 88 valence electrons. The molecule has 0 bridgehead atoms. The summed E-state index contributed by atoms with van der Waals surface area (Å²) in [4.78, 5) is 4.05. The monoisotopic (exact) mass is 241 g/mol. The van der Waals surface area contributed by atoms with Crippen molar-refractivity contribution in [2.24, 2.45) is 0 Å². The van der Waals surface area contributed by atoms with Crippen LogP contribution in [-0.4, -0.2) is 25.7 Å². The van der Waals surface area contributed by atoms with E-state index in [9.17, 15) is 8.42 Å². The summed E-state index contributed by atoms with van der Waals surface area (Å²) in [6.07, 6.45) is 3.19. The van der Waals surface area contributed by atoms with Gasteiger partial charge < -0.3 is 5.32 Å². The fourth-order valence-corrected chi connectivity index (χ4v) is 1.61. The highest BCUT2D eigenvalue weighted by molar-refractivity contribution is 7.92. The van der Waals surface area contributed by atoms with E-state index in [1.807, 2.05) is 0 Å². The van der Waals surface area contributed by atoms with Crippen LogP contribution in [0.25, 0.3) is 0 Å². The van der Waals surface area contributed by atoms with Crippen molar-refractivity contribution in [3.05, 3.63) is 31.0 Å². The lowest BCUT2D eigenvalue weighted by Crippen LogP contribution is -2.14. The average molecular weight is 241 g/mol. The van der Waals surface area contributed by atoms with Crippen molar-refractivity contribution >= 4 is 21.5 Å². The Labute approximate surface area is 95.6 Å². The van der Waals surface area contributed by atoms with Gasteiger partial charge in [-0.15, -0.1) is 6.58 Å². The maximum Gasteiger partial charge on any atom is 0.232 e. The molecular weight excluding hydrogens is 226 g/mol. The zero-order valence-corrected chi connectivity index (χ0v) is 9.92. The summed E-state index contributed by atoms with van der Waals surface area (Å²) in [6.45, 7) is 5.77. The van der Waals surface area contributed by atoms with Crippen molar-refractivity contribution < 1.29 is 8.42 Å². The van der Waals surface area contributed by atoms with Gasteiger partial charge in [-0.3, -0.25) is 4.72 Å². The minimum atomic E-state index is -3.23. The smallest absolute Gasteiger partial charge is 0.232 e. The van der Waals surface area contributed by atoms with E-state index in [0.717, 1.165) is 0 Å². The largest absolute Gasteiger partial charge is 0.367 e. The first-order valence-electron chi connectivity index (χ1n) is 4.88. The van der Waals surface area contributed by atoms with Crippen LogP contribution in [0.4, 0.5) is 11.5 Å². The molecule has 2 N–H and O–H groups in total. The molecule has 0 aliphatic heterocycles. The van der Waals surface area contributed by atoms with Crippen LogP contribution in [0.5, 0.6) is 0 Å². The van der Waals surface area contributed by atoms with Gasteiger partial charge in [0.1, 0.15) is 5.82 Å². The first-order chi connectivity index (χ1) is 7.57. The van der Waals surface area contributed by atoms with Gasteiger partial charge in [0.15, 0.2) is 0 Å². The number of pyridine rings is 1. The summed E-state index contributed by atoms with van der Waals surface area (Å²) in [5.74, 6) is 0.725. The highest BCUT2D eigenvalue weighted by Gasteiger charge is 2.06. The minimum Gasteiger partial charge on any atom is -0.367 e. The summed E-state index contributed by atoms with van der Waals surface area (Å²) in [7, 11) is -3.23. The topological polar surface area (TPSA) is 71.1 Å². The van der Waals surface area contributed by atoms with E-state index in [-0.39, 0.29) is 5.75 Å². The molecule has 0 saturated heterocycles. The second-order valence-electron chi connectivity index (χ2n) is 3.11. The Hall–Kier alpha value is -1.56. The summed E-state index contributed by atoms with van der Waals surface area (Å²) >= 11 is 0. The van der Waals surface area contributed by atoms with Crippen LogP contribution in [-0.2, 0) is 10.0 Å². The van der Waals surface area contributed by atoms with Gasteiger partial charge in [0, 0.05) is 6.54 Å². The van der Waals surface area contributed by atoms with Crippen molar-refractivity contribution in [2.45, 2.75) is 6.92 Å². The normalized spacial score (nSPS) is 10.8. The van der Waals surface area contributed by atoms with Gasteiger partial charge in [0.2, 0.25) is 10.0 Å². The fraction of sp³-hybridized carbons (Fsp3) is 0.300. The molecule has 0 aromatic carbocycles. The van der Waals surface area contributed by atoms with Crippen molar-refractivity contribution in [3.8, 4) is 0 Å². The molecule has 0 fully saturated rings. The van der Waals surface area contributed by atoms with Crippen molar-refractivity contribution in [1.82, 2.24) is 4.98 Å². The number of nitrogens with zero attached hydrogens (tertiary/aromatic N) is 1. The molecule has 0 spiro atoms. The third-order valence-corrected chi connectivity index (χ3v) is 3.15. The van der Waals surface area contributed by atoms with E-state index in [1.165, 1.54) is 6.20 Å². The lowest BCUT2D eigenvalue weighted by Gasteiger charge is -2.06. The zero-order chi connectivity index (χ0) is 12.0. The molecule has 16 heavy (non-hydrogen) atoms. The van der Waals surface area contributed by atoms with E-state index >= 15 is 0 Å². The van der Waals surface area contributed by atoms with Gasteiger partial charge in [0.05, 0.1) is 17.6 Å². The summed E-state index contributed by atoms with van der Waals surface area (Å²) in [5.41, 5.74) is 0.464. The van der Waals surface area contributed by atoms with E-state index in [4.69, 9.17) is 0 Å². The summed E-state index contributed by atoms with van der Waals surface area (Å²) < 4.78 is 24.9. The Kier molecular flexibility index (Phi) is 4.30. The Morgan fingerprint density at radius 2 is 2.25 bits per heavy atom. The van der Waals surface area contributed by atoms with E-state index in [0.29, 0.717) is 18.1 Å². The number of nitrogens with one attached hydrogen (secondary N) is 2. The molecule has 1 aromatic heterocycles. The lowest BCUT2D eigenvalue weighted by molar-refractivity contribution is 0.602. The van der Waals surface area contributed by atoms with E-state index < -0.39 is 10.0 Å². The number of rotatable bonds is 6. The number of hydrogen-bond acceptors (Lipinski definition) is 4. The molecule has 1 aromatic rings. The first kappa shape index (κ1) is 12.5. The molecule has 0 radical (unpaired) electrons. The minimum absolute atomic E-state index is 0.0451. The number of anilines is 2. The van der Waals surface area contributed by atoms with Crippen LogP contribution in [0.3, 0.4) is 0 Å². The SMILES string of the molecule is C=CCNc1ccc(NS(=O)(=O)CC)cn1. The van der Waals surface area contributed by atoms with Gasteiger partial charge >= 0.3 is 0 Å². The maximum absolute atomic E-state index is 11.3. The number of sulfonamides is 1. The Balaban J connectivity index is 2.68. The van der Waals surface area contributed by atoms with E-state index in [1.54, 1.807) is 25.1 Å². The Bertz CT molecular complexity index is 440. The van der Waals surface area contributed by atoms with Crippen molar-refractivity contribution in [3.63, 3.8) is 0 Å². The van der Waals surface area contributed by atoms with Crippen LogP contribution in [0, 0.1) is 0 Å². The van der Waals surface area contributed by atoms with Crippen molar-refractivity contribution in [2.75, 3.05) is 22.3 Å². The van der Waals surface area contributed by atoms with Crippen LogP contribution in [0.2, 0.25) is 0 Å². The molecule has 0 amide bonds. The van der Waals surface area contributed by atoms with Gasteiger partial charge in [-0.2, -0.15) is 0 Å². The Morgan fingerprint density at radius 1 is 1.50 bits per heavy atom. The molecular formula is C10H15N3O2S. The molecule has 0 unspecified atom stereocenters. The van der Waals surface area contributed by atoms with Crippen LogP contribution >= 0.6 is 0 Å². The highest BCUT2D eigenvalue weighted by atomic mass is 32.2. The number of aromatic nitrogens is 1. The Morgan fingerprint density at radius 3 is 2.75 bits per heavy atom. The molecule has 0 aliphatic rings. The average Bonchev–Trinajstić information content (AvgIpc) is 2.28. The molecule has 5 nitrogen and oxygen atoms in total. The van der Waals surface area contributed by atoms with Crippen molar-refractivity contribution in [1.29, 1.82) is 0 Å². The second kappa shape index (κ2) is 5.50. The van der Waals surface area contributed by atoms with Crippen LogP contribution in [0.1, 0.15) is 6.92 Å². The third kappa shape index (κ3) is 3.90. The second-order valence-corrected chi connectivity index (χ2v) is 5.12. The molecule has 1 heterocycles. The van der Waals surface area contributed by atoms with Gasteiger partial charge in [-0.05, 0) is 19.1 Å². The predicted molar refractivity (Wildman–Crippen MR) is 66.0 cm³/mol. The fourth-order valence-electron chi connectivity index (χ4n) is 0.987. The number of hydrogen-bond donors (Lipinski definition) is 2. The zero-order valence-electron chi connectivity index (χ0n) is 9.10. The van der Waals surface area contributed by atoms with E-state index in [2.05, 4.69) is 21.6 Å². The van der Waals surface area contributed by atoms with Gasteiger partial charge in [-0.1, -0.05) is 6.08 Å². The van der Waals surface area contributed by atoms with Gasteiger partial charge in [0.25, 0.3) is 0 Å². The third-order valence-electron chi connectivity index (χ3n) is 1.84. The van der Waals surface area contributed by atoms with Crippen LogP contribution < -0.4 is 10.0 Å². The highest BCUT2D eigenvalue weighted by Crippen LogP contribution is 2.11.